The van der Waals surface area contributed by atoms with Crippen LogP contribution in [0.5, 0.6) is 0 Å². The van der Waals surface area contributed by atoms with E-state index in [9.17, 15) is 4.79 Å². The SMILES string of the molecule is CC(=O)Nc1ccccc1N=Nc1ccccc1N=Nc1ccccc1. The summed E-state index contributed by atoms with van der Waals surface area (Å²) in [5.74, 6) is -0.162. The molecule has 0 heterocycles. The lowest BCUT2D eigenvalue weighted by molar-refractivity contribution is -0.114. The van der Waals surface area contributed by atoms with E-state index in [4.69, 9.17) is 0 Å². The molecule has 1 amide bonds. The van der Waals surface area contributed by atoms with E-state index in [1.807, 2.05) is 66.7 Å². The Morgan fingerprint density at radius 3 is 1.81 bits per heavy atom. The van der Waals surface area contributed by atoms with Gasteiger partial charge in [-0.25, -0.2) is 0 Å². The van der Waals surface area contributed by atoms with Crippen LogP contribution in [0.4, 0.5) is 28.4 Å². The molecule has 0 aliphatic carbocycles. The van der Waals surface area contributed by atoms with Crippen molar-refractivity contribution in [2.75, 3.05) is 5.32 Å². The van der Waals surface area contributed by atoms with Crippen LogP contribution in [0.15, 0.2) is 99.3 Å². The van der Waals surface area contributed by atoms with Gasteiger partial charge in [0.2, 0.25) is 5.91 Å². The zero-order chi connectivity index (χ0) is 18.2. The van der Waals surface area contributed by atoms with Crippen molar-refractivity contribution >= 4 is 34.3 Å². The fraction of sp³-hybridized carbons (Fsp3) is 0.0500. The molecule has 3 rings (SSSR count). The third kappa shape index (κ3) is 4.67. The Bertz CT molecular complexity index is 951. The molecule has 128 valence electrons. The zero-order valence-corrected chi connectivity index (χ0v) is 14.2. The highest BCUT2D eigenvalue weighted by Crippen LogP contribution is 2.32. The van der Waals surface area contributed by atoms with Crippen LogP contribution in [0.25, 0.3) is 0 Å². The van der Waals surface area contributed by atoms with Gasteiger partial charge in [0.1, 0.15) is 17.1 Å². The Labute approximate surface area is 151 Å². The van der Waals surface area contributed by atoms with Gasteiger partial charge in [-0.3, -0.25) is 4.79 Å². The minimum atomic E-state index is -0.162. The summed E-state index contributed by atoms with van der Waals surface area (Å²) in [5.41, 5.74) is 3.13. The first-order valence-electron chi connectivity index (χ1n) is 8.06. The highest BCUT2D eigenvalue weighted by Gasteiger charge is 2.03. The summed E-state index contributed by atoms with van der Waals surface area (Å²) >= 11 is 0. The number of azo groups is 2. The molecule has 0 fully saturated rings. The number of carbonyl (C=O) groups is 1. The molecule has 3 aromatic carbocycles. The van der Waals surface area contributed by atoms with Crippen LogP contribution in [0.1, 0.15) is 6.92 Å². The third-order valence-electron chi connectivity index (χ3n) is 3.39. The first-order valence-corrected chi connectivity index (χ1v) is 8.06. The summed E-state index contributed by atoms with van der Waals surface area (Å²) in [6.45, 7) is 1.45. The van der Waals surface area contributed by atoms with Crippen LogP contribution in [0.2, 0.25) is 0 Å². The van der Waals surface area contributed by atoms with E-state index in [0.29, 0.717) is 22.7 Å². The van der Waals surface area contributed by atoms with Gasteiger partial charge in [-0.05, 0) is 36.4 Å². The van der Waals surface area contributed by atoms with Crippen molar-refractivity contribution in [1.82, 2.24) is 0 Å². The van der Waals surface area contributed by atoms with Gasteiger partial charge in [0.05, 0.1) is 11.4 Å². The Hall–Kier alpha value is -3.67. The quantitative estimate of drug-likeness (QED) is 0.529. The predicted octanol–water partition coefficient (Wildman–Crippen LogP) is 6.48. The average molecular weight is 343 g/mol. The monoisotopic (exact) mass is 343 g/mol. The lowest BCUT2D eigenvalue weighted by Crippen LogP contribution is -2.05. The number of nitrogens with one attached hydrogen (secondary N) is 1. The Kier molecular flexibility index (Phi) is 5.57. The second-order valence-electron chi connectivity index (χ2n) is 5.42. The summed E-state index contributed by atoms with van der Waals surface area (Å²) in [5, 5.41) is 19.7. The van der Waals surface area contributed by atoms with Crippen molar-refractivity contribution in [1.29, 1.82) is 0 Å². The molecule has 0 unspecified atom stereocenters. The Morgan fingerprint density at radius 2 is 1.15 bits per heavy atom. The number of nitrogens with zero attached hydrogens (tertiary/aromatic N) is 4. The smallest absolute Gasteiger partial charge is 0.221 e. The molecule has 0 atom stereocenters. The van der Waals surface area contributed by atoms with Gasteiger partial charge in [-0.15, -0.1) is 15.3 Å². The fourth-order valence-corrected chi connectivity index (χ4v) is 2.20. The van der Waals surface area contributed by atoms with E-state index >= 15 is 0 Å². The lowest BCUT2D eigenvalue weighted by atomic mass is 10.2. The molecule has 6 nitrogen and oxygen atoms in total. The molecule has 0 radical (unpaired) electrons. The van der Waals surface area contributed by atoms with E-state index in [0.717, 1.165) is 5.69 Å². The summed E-state index contributed by atoms with van der Waals surface area (Å²) in [4.78, 5) is 11.3. The zero-order valence-electron chi connectivity index (χ0n) is 14.2. The van der Waals surface area contributed by atoms with Crippen molar-refractivity contribution in [3.8, 4) is 0 Å². The van der Waals surface area contributed by atoms with Gasteiger partial charge in [0, 0.05) is 6.92 Å². The number of para-hydroxylation sites is 1. The second-order valence-corrected chi connectivity index (χ2v) is 5.42. The maximum Gasteiger partial charge on any atom is 0.221 e. The van der Waals surface area contributed by atoms with Gasteiger partial charge >= 0.3 is 0 Å². The van der Waals surface area contributed by atoms with E-state index < -0.39 is 0 Å². The van der Waals surface area contributed by atoms with Crippen molar-refractivity contribution in [2.45, 2.75) is 6.92 Å². The number of hydrogen-bond acceptors (Lipinski definition) is 5. The molecule has 26 heavy (non-hydrogen) atoms. The summed E-state index contributed by atoms with van der Waals surface area (Å²) < 4.78 is 0. The van der Waals surface area contributed by atoms with Crippen LogP contribution in [0.3, 0.4) is 0 Å². The highest BCUT2D eigenvalue weighted by atomic mass is 16.1. The van der Waals surface area contributed by atoms with Crippen LogP contribution < -0.4 is 5.32 Å². The van der Waals surface area contributed by atoms with E-state index in [1.54, 1.807) is 12.1 Å². The standard InChI is InChI=1S/C20H17N5O/c1-15(26)21-17-11-5-6-12-18(17)24-25-20-14-8-7-13-19(20)23-22-16-9-3-2-4-10-16/h2-14H,1H3,(H,21,26). The van der Waals surface area contributed by atoms with Gasteiger partial charge < -0.3 is 5.32 Å². The summed E-state index contributed by atoms with van der Waals surface area (Å²) in [7, 11) is 0. The summed E-state index contributed by atoms with van der Waals surface area (Å²) in [6.07, 6.45) is 0. The molecule has 0 aromatic heterocycles. The van der Waals surface area contributed by atoms with E-state index in [1.165, 1.54) is 6.92 Å². The van der Waals surface area contributed by atoms with Crippen LogP contribution in [-0.4, -0.2) is 5.91 Å². The van der Waals surface area contributed by atoms with Gasteiger partial charge in [0.15, 0.2) is 0 Å². The molecule has 0 saturated carbocycles. The van der Waals surface area contributed by atoms with Crippen LogP contribution in [-0.2, 0) is 4.79 Å². The van der Waals surface area contributed by atoms with Crippen molar-refractivity contribution in [3.63, 3.8) is 0 Å². The normalized spacial score (nSPS) is 11.1. The number of carbonyl (C=O) groups excluding carboxylic acids is 1. The number of anilines is 1. The second kappa shape index (κ2) is 8.43. The number of benzene rings is 3. The predicted molar refractivity (Wildman–Crippen MR) is 102 cm³/mol. The van der Waals surface area contributed by atoms with Crippen molar-refractivity contribution in [2.24, 2.45) is 20.5 Å². The number of rotatable bonds is 5. The minimum absolute atomic E-state index is 0.162. The highest BCUT2D eigenvalue weighted by molar-refractivity contribution is 5.91. The first kappa shape index (κ1) is 17.2. The van der Waals surface area contributed by atoms with Gasteiger partial charge in [-0.2, -0.15) is 5.11 Å². The molecule has 0 aliphatic heterocycles. The lowest BCUT2D eigenvalue weighted by Gasteiger charge is -2.04. The maximum atomic E-state index is 11.3. The Balaban J connectivity index is 1.86. The minimum Gasteiger partial charge on any atom is -0.324 e. The van der Waals surface area contributed by atoms with E-state index in [2.05, 4.69) is 25.8 Å². The first-order chi connectivity index (χ1) is 12.7. The number of amides is 1. The molecule has 0 spiro atoms. The molecule has 6 heteroatoms. The molecule has 0 aliphatic rings. The van der Waals surface area contributed by atoms with Gasteiger partial charge in [-0.1, -0.05) is 42.5 Å². The van der Waals surface area contributed by atoms with Crippen molar-refractivity contribution in [3.05, 3.63) is 78.9 Å². The third-order valence-corrected chi connectivity index (χ3v) is 3.39. The maximum absolute atomic E-state index is 11.3. The molecular weight excluding hydrogens is 326 g/mol. The molecular formula is C20H17N5O. The Morgan fingerprint density at radius 1 is 0.654 bits per heavy atom. The van der Waals surface area contributed by atoms with Crippen molar-refractivity contribution < 1.29 is 4.79 Å². The van der Waals surface area contributed by atoms with Gasteiger partial charge in [0.25, 0.3) is 0 Å². The van der Waals surface area contributed by atoms with Crippen LogP contribution in [0, 0.1) is 0 Å². The number of hydrogen-bond donors (Lipinski definition) is 1. The topological polar surface area (TPSA) is 78.5 Å². The van der Waals surface area contributed by atoms with E-state index in [-0.39, 0.29) is 5.91 Å². The molecule has 0 saturated heterocycles. The largest absolute Gasteiger partial charge is 0.324 e. The molecule has 0 bridgehead atoms. The molecule has 1 N–H and O–H groups in total. The average Bonchev–Trinajstić information content (AvgIpc) is 2.67. The van der Waals surface area contributed by atoms with Crippen LogP contribution >= 0.6 is 0 Å². The summed E-state index contributed by atoms with van der Waals surface area (Å²) in [6, 6.07) is 24.0. The molecule has 3 aromatic rings. The fourth-order valence-electron chi connectivity index (χ4n) is 2.20.